The Morgan fingerprint density at radius 1 is 1.69 bits per heavy atom. The molecule has 2 rings (SSSR count). The number of nitrogens with zero attached hydrogens (tertiary/aromatic N) is 3. The van der Waals surface area contributed by atoms with E-state index in [1.54, 1.807) is 11.1 Å². The molecule has 1 aliphatic carbocycles. The molecule has 0 aromatic carbocycles. The third-order valence-corrected chi connectivity index (χ3v) is 3.34. The number of aromatic nitrogens is 2. The largest absolute Gasteiger partial charge is 0.338 e. The van der Waals surface area contributed by atoms with E-state index in [9.17, 15) is 4.79 Å². The average Bonchev–Trinajstić information content (AvgIpc) is 2.99. The Hall–Kier alpha value is -1.36. The van der Waals surface area contributed by atoms with Crippen LogP contribution < -0.4 is 5.73 Å². The molecule has 0 atom stereocenters. The van der Waals surface area contributed by atoms with Crippen molar-refractivity contribution < 1.29 is 4.79 Å². The van der Waals surface area contributed by atoms with Gasteiger partial charge in [0.25, 0.3) is 0 Å². The molecule has 1 aromatic heterocycles. The average molecular weight is 222 g/mol. The summed E-state index contributed by atoms with van der Waals surface area (Å²) < 4.78 is 1.92. The lowest BCUT2D eigenvalue weighted by atomic mass is 10.1. The van der Waals surface area contributed by atoms with Crippen LogP contribution in [0.3, 0.4) is 0 Å². The van der Waals surface area contributed by atoms with Crippen LogP contribution in [0.1, 0.15) is 18.7 Å². The molecule has 1 heterocycles. The van der Waals surface area contributed by atoms with Gasteiger partial charge in [-0.2, -0.15) is 0 Å². The van der Waals surface area contributed by atoms with Crippen LogP contribution in [0.4, 0.5) is 0 Å². The Morgan fingerprint density at radius 2 is 2.38 bits per heavy atom. The minimum atomic E-state index is -0.264. The lowest BCUT2D eigenvalue weighted by Crippen LogP contribution is -2.38. The summed E-state index contributed by atoms with van der Waals surface area (Å²) in [6.45, 7) is 1.00. The van der Waals surface area contributed by atoms with Gasteiger partial charge < -0.3 is 15.2 Å². The standard InChI is InChI=1S/C11H18N4O/c1-14-6-5-13-9(14)7-15(2)10(16)11(8-12)3-4-11/h5-6H,3-4,7-8,12H2,1-2H3. The maximum atomic E-state index is 12.1. The van der Waals surface area contributed by atoms with Crippen LogP contribution in [-0.2, 0) is 18.4 Å². The van der Waals surface area contributed by atoms with Gasteiger partial charge in [0, 0.05) is 33.0 Å². The zero-order valence-electron chi connectivity index (χ0n) is 9.81. The first-order valence-electron chi connectivity index (χ1n) is 5.51. The quantitative estimate of drug-likeness (QED) is 0.787. The van der Waals surface area contributed by atoms with Crippen molar-refractivity contribution >= 4 is 5.91 Å². The summed E-state index contributed by atoms with van der Waals surface area (Å²) in [7, 11) is 3.74. The number of amides is 1. The molecule has 0 saturated heterocycles. The monoisotopic (exact) mass is 222 g/mol. The van der Waals surface area contributed by atoms with Gasteiger partial charge in [-0.25, -0.2) is 4.98 Å². The fourth-order valence-electron chi connectivity index (χ4n) is 1.89. The summed E-state index contributed by atoms with van der Waals surface area (Å²) in [5, 5.41) is 0. The highest BCUT2D eigenvalue weighted by molar-refractivity contribution is 5.85. The van der Waals surface area contributed by atoms with Crippen molar-refractivity contribution in [1.29, 1.82) is 0 Å². The molecule has 88 valence electrons. The molecule has 0 bridgehead atoms. The zero-order chi connectivity index (χ0) is 11.8. The minimum Gasteiger partial charge on any atom is -0.338 e. The van der Waals surface area contributed by atoms with Gasteiger partial charge >= 0.3 is 0 Å². The van der Waals surface area contributed by atoms with Crippen LogP contribution >= 0.6 is 0 Å². The number of imidazole rings is 1. The van der Waals surface area contributed by atoms with Gasteiger partial charge in [-0.05, 0) is 12.8 Å². The highest BCUT2D eigenvalue weighted by Gasteiger charge is 2.49. The number of nitrogens with two attached hydrogens (primary N) is 1. The Labute approximate surface area is 95.2 Å². The molecule has 0 radical (unpaired) electrons. The Balaban J connectivity index is 2.01. The van der Waals surface area contributed by atoms with E-state index < -0.39 is 0 Å². The molecule has 5 nitrogen and oxygen atoms in total. The molecular weight excluding hydrogens is 204 g/mol. The first-order chi connectivity index (χ1) is 7.59. The first kappa shape index (κ1) is 11.1. The molecule has 1 amide bonds. The molecule has 16 heavy (non-hydrogen) atoms. The van der Waals surface area contributed by atoms with Crippen molar-refractivity contribution in [3.63, 3.8) is 0 Å². The molecule has 0 aliphatic heterocycles. The zero-order valence-corrected chi connectivity index (χ0v) is 9.81. The predicted octanol–water partition coefficient (Wildman–Crippen LogP) is 0.117. The predicted molar refractivity (Wildman–Crippen MR) is 60.4 cm³/mol. The summed E-state index contributed by atoms with van der Waals surface area (Å²) in [5.74, 6) is 1.04. The number of carbonyl (C=O) groups is 1. The highest BCUT2D eigenvalue weighted by atomic mass is 16.2. The lowest BCUT2D eigenvalue weighted by Gasteiger charge is -2.22. The highest BCUT2D eigenvalue weighted by Crippen LogP contribution is 2.46. The van der Waals surface area contributed by atoms with Gasteiger partial charge in [0.15, 0.2) is 0 Å². The van der Waals surface area contributed by atoms with Crippen molar-refractivity contribution in [2.24, 2.45) is 18.2 Å². The second-order valence-corrected chi connectivity index (χ2v) is 4.60. The SMILES string of the molecule is CN(Cc1nccn1C)C(=O)C1(CN)CC1. The van der Waals surface area contributed by atoms with Gasteiger partial charge in [-0.15, -0.1) is 0 Å². The third-order valence-electron chi connectivity index (χ3n) is 3.34. The molecule has 2 N–H and O–H groups in total. The number of aryl methyl sites for hydroxylation is 1. The van der Waals surface area contributed by atoms with Crippen LogP contribution in [0.5, 0.6) is 0 Å². The van der Waals surface area contributed by atoms with Crippen molar-refractivity contribution in [1.82, 2.24) is 14.5 Å². The molecule has 1 fully saturated rings. The normalized spacial score (nSPS) is 17.2. The van der Waals surface area contributed by atoms with Crippen molar-refractivity contribution in [3.05, 3.63) is 18.2 Å². The van der Waals surface area contributed by atoms with E-state index in [1.165, 1.54) is 0 Å². The summed E-state index contributed by atoms with van der Waals surface area (Å²) >= 11 is 0. The fourth-order valence-corrected chi connectivity index (χ4v) is 1.89. The van der Waals surface area contributed by atoms with Gasteiger partial charge in [0.2, 0.25) is 5.91 Å². The summed E-state index contributed by atoms with van der Waals surface area (Å²) in [6.07, 6.45) is 5.47. The van der Waals surface area contributed by atoms with Gasteiger partial charge in [-0.3, -0.25) is 4.79 Å². The van der Waals surface area contributed by atoms with E-state index in [0.29, 0.717) is 13.1 Å². The van der Waals surface area contributed by atoms with Crippen molar-refractivity contribution in [2.45, 2.75) is 19.4 Å². The molecular formula is C11H18N4O. The molecule has 1 aliphatic rings. The Morgan fingerprint density at radius 3 is 2.81 bits per heavy atom. The third kappa shape index (κ3) is 1.82. The maximum absolute atomic E-state index is 12.1. The van der Waals surface area contributed by atoms with Crippen LogP contribution in [0.2, 0.25) is 0 Å². The lowest BCUT2D eigenvalue weighted by molar-refractivity contribution is -0.136. The Kier molecular flexibility index (Phi) is 2.71. The fraction of sp³-hybridized carbons (Fsp3) is 0.636. The van der Waals surface area contributed by atoms with E-state index in [-0.39, 0.29) is 11.3 Å². The summed E-state index contributed by atoms with van der Waals surface area (Å²) in [6, 6.07) is 0. The molecule has 0 unspecified atom stereocenters. The minimum absolute atomic E-state index is 0.151. The number of hydrogen-bond acceptors (Lipinski definition) is 3. The van der Waals surface area contributed by atoms with E-state index in [2.05, 4.69) is 4.98 Å². The number of hydrogen-bond donors (Lipinski definition) is 1. The van der Waals surface area contributed by atoms with Crippen molar-refractivity contribution in [2.75, 3.05) is 13.6 Å². The molecule has 0 spiro atoms. The van der Waals surface area contributed by atoms with Gasteiger partial charge in [-0.1, -0.05) is 0 Å². The topological polar surface area (TPSA) is 64.2 Å². The van der Waals surface area contributed by atoms with E-state index in [4.69, 9.17) is 5.73 Å². The second-order valence-electron chi connectivity index (χ2n) is 4.60. The Bertz CT molecular complexity index is 394. The maximum Gasteiger partial charge on any atom is 0.230 e. The van der Waals surface area contributed by atoms with E-state index >= 15 is 0 Å². The first-order valence-corrected chi connectivity index (χ1v) is 5.51. The van der Waals surface area contributed by atoms with E-state index in [1.807, 2.05) is 24.9 Å². The van der Waals surface area contributed by atoms with Crippen LogP contribution in [0.15, 0.2) is 12.4 Å². The van der Waals surface area contributed by atoms with Crippen molar-refractivity contribution in [3.8, 4) is 0 Å². The number of carbonyl (C=O) groups excluding carboxylic acids is 1. The van der Waals surface area contributed by atoms with Crippen LogP contribution in [-0.4, -0.2) is 34.0 Å². The smallest absolute Gasteiger partial charge is 0.230 e. The summed E-state index contributed by atoms with van der Waals surface area (Å²) in [4.78, 5) is 18.0. The second kappa shape index (κ2) is 3.90. The van der Waals surface area contributed by atoms with Crippen LogP contribution in [0, 0.1) is 5.41 Å². The van der Waals surface area contributed by atoms with Crippen LogP contribution in [0.25, 0.3) is 0 Å². The van der Waals surface area contributed by atoms with Gasteiger partial charge in [0.05, 0.1) is 12.0 Å². The molecule has 5 heteroatoms. The molecule has 1 aromatic rings. The summed E-state index contributed by atoms with van der Waals surface area (Å²) in [5.41, 5.74) is 5.38. The van der Waals surface area contributed by atoms with Gasteiger partial charge in [0.1, 0.15) is 5.82 Å². The molecule has 1 saturated carbocycles. The number of rotatable bonds is 4. The van der Waals surface area contributed by atoms with E-state index in [0.717, 1.165) is 18.7 Å².